The van der Waals surface area contributed by atoms with E-state index in [0.717, 1.165) is 36.8 Å². The van der Waals surface area contributed by atoms with Gasteiger partial charge in [-0.05, 0) is 59.1 Å². The highest BCUT2D eigenvalue weighted by molar-refractivity contribution is 5.60. The maximum atomic E-state index is 12.2. The maximum absolute atomic E-state index is 12.2. The molecular weight excluding hydrogens is 388 g/mol. The van der Waals surface area contributed by atoms with Crippen LogP contribution in [0.15, 0.2) is 107 Å². The van der Waals surface area contributed by atoms with Gasteiger partial charge in [0.1, 0.15) is 5.60 Å². The smallest absolute Gasteiger partial charge is 0.124 e. The van der Waals surface area contributed by atoms with Gasteiger partial charge in [0.15, 0.2) is 0 Å². The van der Waals surface area contributed by atoms with Gasteiger partial charge in [-0.2, -0.15) is 0 Å². The Morgan fingerprint density at radius 2 is 1.06 bits per heavy atom. The molecule has 1 spiro atoms. The van der Waals surface area contributed by atoms with E-state index in [-0.39, 0.29) is 11.3 Å². The Morgan fingerprint density at radius 1 is 0.656 bits per heavy atom. The number of hydrogen-bond donors (Lipinski definition) is 1. The second-order valence-electron chi connectivity index (χ2n) is 8.94. The van der Waals surface area contributed by atoms with E-state index < -0.39 is 5.60 Å². The minimum atomic E-state index is -1.11. The first-order valence-corrected chi connectivity index (χ1v) is 12.2. The molecule has 166 valence electrons. The molecule has 2 aromatic rings. The molecule has 0 saturated heterocycles. The summed E-state index contributed by atoms with van der Waals surface area (Å²) in [5.74, 6) is -0.134. The highest BCUT2D eigenvalue weighted by Gasteiger charge is 2.45. The summed E-state index contributed by atoms with van der Waals surface area (Å²) in [5, 5.41) is 12.2. The fourth-order valence-electron chi connectivity index (χ4n) is 6.16. The van der Waals surface area contributed by atoms with Gasteiger partial charge >= 0.3 is 0 Å². The fraction of sp³-hybridized carbons (Fsp3) is 0.355. The quantitative estimate of drug-likeness (QED) is 0.448. The zero-order chi connectivity index (χ0) is 22.8. The third kappa shape index (κ3) is 3.35. The zero-order valence-corrected chi connectivity index (χ0v) is 19.9. The van der Waals surface area contributed by atoms with Gasteiger partial charge < -0.3 is 5.11 Å². The molecule has 2 aliphatic carbocycles. The molecule has 2 aliphatic rings. The average Bonchev–Trinajstić information content (AvgIpc) is 3.12. The Morgan fingerprint density at radius 3 is 1.41 bits per heavy atom. The zero-order valence-electron chi connectivity index (χ0n) is 19.9. The number of hydrogen-bond acceptors (Lipinski definition) is 1. The molecule has 0 fully saturated rings. The summed E-state index contributed by atoms with van der Waals surface area (Å²) in [7, 11) is 0. The molecule has 0 radical (unpaired) electrons. The van der Waals surface area contributed by atoms with Crippen molar-refractivity contribution < 1.29 is 5.11 Å². The van der Waals surface area contributed by atoms with Crippen LogP contribution in [0.2, 0.25) is 0 Å². The van der Waals surface area contributed by atoms with Crippen molar-refractivity contribution in [2.45, 2.75) is 59.0 Å². The third-order valence-corrected chi connectivity index (χ3v) is 7.55. The van der Waals surface area contributed by atoms with Gasteiger partial charge in [-0.1, -0.05) is 113 Å². The van der Waals surface area contributed by atoms with E-state index in [4.69, 9.17) is 0 Å². The molecule has 0 aliphatic heterocycles. The molecule has 0 bridgehead atoms. The Hall–Kier alpha value is -2.64. The Balaban J connectivity index is 1.83. The lowest BCUT2D eigenvalue weighted by atomic mass is 9.67. The van der Waals surface area contributed by atoms with E-state index in [9.17, 15) is 5.11 Å². The number of benzene rings is 2. The molecule has 0 atom stereocenters. The van der Waals surface area contributed by atoms with Crippen molar-refractivity contribution >= 4 is 0 Å². The summed E-state index contributed by atoms with van der Waals surface area (Å²) in [5.41, 5.74) is 6.82. The number of rotatable bonds is 7. The van der Waals surface area contributed by atoms with Crippen LogP contribution in [0.4, 0.5) is 0 Å². The first kappa shape index (κ1) is 22.6. The molecule has 1 heteroatoms. The van der Waals surface area contributed by atoms with E-state index in [2.05, 4.69) is 52.0 Å². The molecule has 0 aromatic heterocycles. The maximum Gasteiger partial charge on any atom is 0.124 e. The minimum Gasteiger partial charge on any atom is -0.379 e. The van der Waals surface area contributed by atoms with E-state index in [0.29, 0.717) is 0 Å². The largest absolute Gasteiger partial charge is 0.379 e. The second kappa shape index (κ2) is 9.08. The summed E-state index contributed by atoms with van der Waals surface area (Å²) in [6.45, 7) is 9.15. The van der Waals surface area contributed by atoms with E-state index in [1.54, 1.807) is 22.3 Å². The van der Waals surface area contributed by atoms with Crippen LogP contribution < -0.4 is 0 Å². The van der Waals surface area contributed by atoms with Crippen LogP contribution in [0.5, 0.6) is 0 Å². The van der Waals surface area contributed by atoms with Crippen LogP contribution in [0, 0.1) is 11.3 Å². The molecule has 4 rings (SSSR count). The van der Waals surface area contributed by atoms with Gasteiger partial charge in [0.25, 0.3) is 0 Å². The fourth-order valence-corrected chi connectivity index (χ4v) is 6.16. The van der Waals surface area contributed by atoms with Crippen LogP contribution in [0.25, 0.3) is 0 Å². The van der Waals surface area contributed by atoms with Gasteiger partial charge in [-0.3, -0.25) is 0 Å². The highest BCUT2D eigenvalue weighted by Crippen LogP contribution is 2.56. The molecule has 0 amide bonds. The summed E-state index contributed by atoms with van der Waals surface area (Å²) in [6, 6.07) is 20.2. The van der Waals surface area contributed by atoms with Gasteiger partial charge in [0.05, 0.1) is 0 Å². The monoisotopic (exact) mass is 424 g/mol. The van der Waals surface area contributed by atoms with Gasteiger partial charge in [-0.15, -0.1) is 0 Å². The van der Waals surface area contributed by atoms with Crippen molar-refractivity contribution in [3.05, 3.63) is 118 Å². The first-order chi connectivity index (χ1) is 15.6. The van der Waals surface area contributed by atoms with Crippen molar-refractivity contribution in [2.75, 3.05) is 0 Å². The van der Waals surface area contributed by atoms with E-state index in [1.807, 2.05) is 60.7 Å². The Bertz CT molecular complexity index is 982. The first-order valence-electron chi connectivity index (χ1n) is 12.2. The minimum absolute atomic E-state index is 0.120. The van der Waals surface area contributed by atoms with Crippen LogP contribution in [0.1, 0.15) is 64.5 Å². The van der Waals surface area contributed by atoms with Crippen LogP contribution in [-0.4, -0.2) is 5.11 Å². The SMILES string of the molecule is CCC1=C(CC)C2(C=CC(C(O)(c3ccccc3)c3ccccc3)C=C2)C(CC)=C1CC. The molecule has 0 saturated carbocycles. The molecular formula is C31H36O. The van der Waals surface area contributed by atoms with Crippen molar-refractivity contribution in [2.24, 2.45) is 11.3 Å². The van der Waals surface area contributed by atoms with E-state index >= 15 is 0 Å². The third-order valence-electron chi connectivity index (χ3n) is 7.55. The molecule has 0 heterocycles. The lowest BCUT2D eigenvalue weighted by Gasteiger charge is -2.39. The molecule has 1 nitrogen and oxygen atoms in total. The van der Waals surface area contributed by atoms with Crippen molar-refractivity contribution in [3.8, 4) is 0 Å². The lowest BCUT2D eigenvalue weighted by molar-refractivity contribution is 0.0529. The topological polar surface area (TPSA) is 20.2 Å². The highest BCUT2D eigenvalue weighted by atomic mass is 16.3. The van der Waals surface area contributed by atoms with Crippen molar-refractivity contribution in [1.29, 1.82) is 0 Å². The van der Waals surface area contributed by atoms with E-state index in [1.165, 1.54) is 0 Å². The predicted molar refractivity (Wildman–Crippen MR) is 135 cm³/mol. The van der Waals surface area contributed by atoms with Crippen LogP contribution in [0.3, 0.4) is 0 Å². The molecule has 1 N–H and O–H groups in total. The molecule has 32 heavy (non-hydrogen) atoms. The molecule has 0 unspecified atom stereocenters. The lowest BCUT2D eigenvalue weighted by Crippen LogP contribution is -2.36. The van der Waals surface area contributed by atoms with Crippen LogP contribution in [-0.2, 0) is 5.60 Å². The number of allylic oxidation sites excluding steroid dienone is 6. The predicted octanol–water partition coefficient (Wildman–Crippen LogP) is 7.90. The van der Waals surface area contributed by atoms with Gasteiger partial charge in [0, 0.05) is 11.3 Å². The standard InChI is InChI=1S/C31H36O/c1-5-26-27(6-2)29(8-4)30(28(26)7-3)21-19-25(20-22-30)31(32,23-15-11-9-12-16-23)24-17-13-10-14-18-24/h9-22,25,32H,5-8H2,1-4H3. The van der Waals surface area contributed by atoms with Gasteiger partial charge in [0.2, 0.25) is 0 Å². The van der Waals surface area contributed by atoms with Crippen LogP contribution >= 0.6 is 0 Å². The second-order valence-corrected chi connectivity index (χ2v) is 8.94. The molecule has 2 aromatic carbocycles. The van der Waals surface area contributed by atoms with Crippen molar-refractivity contribution in [1.82, 2.24) is 0 Å². The normalized spacial score (nSPS) is 18.3. The Kier molecular flexibility index (Phi) is 6.40. The van der Waals surface area contributed by atoms with Gasteiger partial charge in [-0.25, -0.2) is 0 Å². The average molecular weight is 425 g/mol. The Labute approximate surface area is 193 Å². The number of aliphatic hydroxyl groups is 1. The summed E-state index contributed by atoms with van der Waals surface area (Å²) in [4.78, 5) is 0. The summed E-state index contributed by atoms with van der Waals surface area (Å²) < 4.78 is 0. The summed E-state index contributed by atoms with van der Waals surface area (Å²) in [6.07, 6.45) is 13.6. The van der Waals surface area contributed by atoms with Crippen molar-refractivity contribution in [3.63, 3.8) is 0 Å². The summed E-state index contributed by atoms with van der Waals surface area (Å²) >= 11 is 0.